The third-order valence-corrected chi connectivity index (χ3v) is 6.43. The fourth-order valence-corrected chi connectivity index (χ4v) is 5.19. The van der Waals surface area contributed by atoms with Crippen LogP contribution in [0.3, 0.4) is 0 Å². The molecule has 0 aromatic rings. The van der Waals surface area contributed by atoms with Crippen molar-refractivity contribution in [2.45, 2.75) is 56.4 Å². The van der Waals surface area contributed by atoms with Crippen LogP contribution < -0.4 is 0 Å². The number of rotatable bonds is 2. The summed E-state index contributed by atoms with van der Waals surface area (Å²) in [5.74, 6) is 1.38. The van der Waals surface area contributed by atoms with Gasteiger partial charge in [-0.15, -0.1) is 0 Å². The van der Waals surface area contributed by atoms with Crippen molar-refractivity contribution < 1.29 is 0 Å². The molecule has 3 fully saturated rings. The van der Waals surface area contributed by atoms with Crippen molar-refractivity contribution in [3.63, 3.8) is 0 Å². The molecule has 3 saturated heterocycles. The topological polar surface area (TPSA) is 6.48 Å². The van der Waals surface area contributed by atoms with Crippen LogP contribution in [0.5, 0.6) is 0 Å². The molecular formula is C14H26N2S. The highest BCUT2D eigenvalue weighted by molar-refractivity contribution is 8.00. The van der Waals surface area contributed by atoms with Crippen molar-refractivity contribution in [2.75, 3.05) is 31.9 Å². The lowest BCUT2D eigenvalue weighted by molar-refractivity contribution is 0.0534. The molecule has 3 heteroatoms. The largest absolute Gasteiger partial charge is 0.298 e. The van der Waals surface area contributed by atoms with Crippen LogP contribution in [0, 0.1) is 0 Å². The SMILES string of the molecule is CC1CN2CCCC2CN1CC1(C)CCCS1. The third-order valence-electron chi connectivity index (χ3n) is 4.90. The van der Waals surface area contributed by atoms with Crippen molar-refractivity contribution in [2.24, 2.45) is 0 Å². The number of thioether (sulfide) groups is 1. The Morgan fingerprint density at radius 3 is 2.94 bits per heavy atom. The van der Waals surface area contributed by atoms with E-state index in [2.05, 4.69) is 35.4 Å². The Kier molecular flexibility index (Phi) is 3.44. The van der Waals surface area contributed by atoms with E-state index in [4.69, 9.17) is 0 Å². The molecule has 0 radical (unpaired) electrons. The van der Waals surface area contributed by atoms with Gasteiger partial charge >= 0.3 is 0 Å². The van der Waals surface area contributed by atoms with Gasteiger partial charge in [0, 0.05) is 36.5 Å². The standard InChI is InChI=1S/C14H26N2S/c1-12-9-15-7-3-5-13(15)10-16(12)11-14(2)6-4-8-17-14/h12-13H,3-11H2,1-2H3. The van der Waals surface area contributed by atoms with E-state index in [0.29, 0.717) is 4.75 Å². The lowest BCUT2D eigenvalue weighted by Crippen LogP contribution is -2.57. The Balaban J connectivity index is 1.62. The summed E-state index contributed by atoms with van der Waals surface area (Å²) in [6.07, 6.45) is 5.72. The zero-order valence-corrected chi connectivity index (χ0v) is 12.1. The second kappa shape index (κ2) is 4.75. The van der Waals surface area contributed by atoms with Gasteiger partial charge in [-0.05, 0) is 51.8 Å². The predicted molar refractivity (Wildman–Crippen MR) is 75.7 cm³/mol. The molecule has 0 spiro atoms. The molecule has 98 valence electrons. The summed E-state index contributed by atoms with van der Waals surface area (Å²) in [6.45, 7) is 10.2. The highest BCUT2D eigenvalue weighted by atomic mass is 32.2. The minimum absolute atomic E-state index is 0.551. The second-order valence-corrected chi connectivity index (χ2v) is 8.15. The number of hydrogen-bond donors (Lipinski definition) is 0. The van der Waals surface area contributed by atoms with E-state index in [1.165, 1.54) is 57.6 Å². The van der Waals surface area contributed by atoms with Gasteiger partial charge in [0.1, 0.15) is 0 Å². The van der Waals surface area contributed by atoms with Crippen molar-refractivity contribution in [1.82, 2.24) is 9.80 Å². The van der Waals surface area contributed by atoms with Gasteiger partial charge in [0.25, 0.3) is 0 Å². The molecule has 2 nitrogen and oxygen atoms in total. The zero-order chi connectivity index (χ0) is 11.9. The average Bonchev–Trinajstić information content (AvgIpc) is 2.88. The van der Waals surface area contributed by atoms with Crippen LogP contribution in [-0.4, -0.2) is 58.6 Å². The summed E-state index contributed by atoms with van der Waals surface area (Å²) in [7, 11) is 0. The summed E-state index contributed by atoms with van der Waals surface area (Å²) in [5.41, 5.74) is 0. The van der Waals surface area contributed by atoms with Gasteiger partial charge in [0.05, 0.1) is 0 Å². The highest BCUT2D eigenvalue weighted by Gasteiger charge is 2.38. The Hall–Kier alpha value is 0.270. The van der Waals surface area contributed by atoms with Crippen molar-refractivity contribution in [1.29, 1.82) is 0 Å². The molecule has 3 rings (SSSR count). The molecular weight excluding hydrogens is 228 g/mol. The van der Waals surface area contributed by atoms with Gasteiger partial charge in [-0.1, -0.05) is 0 Å². The molecule has 3 heterocycles. The lowest BCUT2D eigenvalue weighted by atomic mass is 10.0. The van der Waals surface area contributed by atoms with Crippen LogP contribution in [0.2, 0.25) is 0 Å². The first-order valence-electron chi connectivity index (χ1n) is 7.28. The number of fused-ring (bicyclic) bond motifs is 1. The molecule has 0 aliphatic carbocycles. The molecule has 0 bridgehead atoms. The number of hydrogen-bond acceptors (Lipinski definition) is 3. The van der Waals surface area contributed by atoms with Crippen LogP contribution in [0.15, 0.2) is 0 Å². The van der Waals surface area contributed by atoms with Crippen LogP contribution in [0.4, 0.5) is 0 Å². The van der Waals surface area contributed by atoms with E-state index in [1.54, 1.807) is 0 Å². The Labute approximate surface area is 110 Å². The molecule has 0 N–H and O–H groups in total. The first-order valence-corrected chi connectivity index (χ1v) is 8.27. The maximum Gasteiger partial charge on any atom is 0.0259 e. The van der Waals surface area contributed by atoms with Gasteiger partial charge in [0.2, 0.25) is 0 Å². The van der Waals surface area contributed by atoms with Crippen LogP contribution in [-0.2, 0) is 0 Å². The summed E-state index contributed by atoms with van der Waals surface area (Å²) < 4.78 is 0.551. The Morgan fingerprint density at radius 1 is 1.29 bits per heavy atom. The average molecular weight is 254 g/mol. The smallest absolute Gasteiger partial charge is 0.0259 e. The molecule has 3 unspecified atom stereocenters. The van der Waals surface area contributed by atoms with E-state index in [-0.39, 0.29) is 0 Å². The maximum atomic E-state index is 2.78. The van der Waals surface area contributed by atoms with Gasteiger partial charge < -0.3 is 0 Å². The van der Waals surface area contributed by atoms with Gasteiger partial charge in [-0.2, -0.15) is 11.8 Å². The Bertz CT molecular complexity index is 275. The molecule has 0 saturated carbocycles. The van der Waals surface area contributed by atoms with E-state index in [9.17, 15) is 0 Å². The first-order chi connectivity index (χ1) is 8.16. The summed E-state index contributed by atoms with van der Waals surface area (Å²) in [5, 5.41) is 0. The summed E-state index contributed by atoms with van der Waals surface area (Å²) in [4.78, 5) is 5.51. The quantitative estimate of drug-likeness (QED) is 0.747. The van der Waals surface area contributed by atoms with E-state index in [1.807, 2.05) is 0 Å². The predicted octanol–water partition coefficient (Wildman–Crippen LogP) is 2.44. The zero-order valence-electron chi connectivity index (χ0n) is 11.3. The highest BCUT2D eigenvalue weighted by Crippen LogP contribution is 2.39. The molecule has 0 aromatic heterocycles. The maximum absolute atomic E-state index is 2.78. The minimum Gasteiger partial charge on any atom is -0.298 e. The van der Waals surface area contributed by atoms with Crippen molar-refractivity contribution >= 4 is 11.8 Å². The molecule has 17 heavy (non-hydrogen) atoms. The fraction of sp³-hybridized carbons (Fsp3) is 1.00. The van der Waals surface area contributed by atoms with E-state index < -0.39 is 0 Å². The number of piperazine rings is 1. The van der Waals surface area contributed by atoms with Gasteiger partial charge in [0.15, 0.2) is 0 Å². The molecule has 3 atom stereocenters. The van der Waals surface area contributed by atoms with E-state index in [0.717, 1.165) is 12.1 Å². The van der Waals surface area contributed by atoms with Crippen molar-refractivity contribution in [3.05, 3.63) is 0 Å². The molecule has 3 aliphatic heterocycles. The van der Waals surface area contributed by atoms with Crippen molar-refractivity contribution in [3.8, 4) is 0 Å². The monoisotopic (exact) mass is 254 g/mol. The van der Waals surface area contributed by atoms with Crippen LogP contribution >= 0.6 is 11.8 Å². The summed E-state index contributed by atoms with van der Waals surface area (Å²) in [6, 6.07) is 1.64. The first kappa shape index (κ1) is 12.3. The van der Waals surface area contributed by atoms with Crippen LogP contribution in [0.25, 0.3) is 0 Å². The lowest BCUT2D eigenvalue weighted by Gasteiger charge is -2.45. The van der Waals surface area contributed by atoms with E-state index >= 15 is 0 Å². The third kappa shape index (κ3) is 2.52. The fourth-order valence-electron chi connectivity index (χ4n) is 3.86. The number of nitrogens with zero attached hydrogens (tertiary/aromatic N) is 2. The van der Waals surface area contributed by atoms with Gasteiger partial charge in [-0.25, -0.2) is 0 Å². The second-order valence-electron chi connectivity index (χ2n) is 6.47. The summed E-state index contributed by atoms with van der Waals surface area (Å²) >= 11 is 2.21. The van der Waals surface area contributed by atoms with Gasteiger partial charge in [-0.3, -0.25) is 9.80 Å². The molecule has 3 aliphatic rings. The molecule has 0 aromatic carbocycles. The van der Waals surface area contributed by atoms with Crippen LogP contribution in [0.1, 0.15) is 39.5 Å². The Morgan fingerprint density at radius 2 is 2.18 bits per heavy atom. The molecule has 0 amide bonds. The normalized spacial score (nSPS) is 44.1. The minimum atomic E-state index is 0.551.